The van der Waals surface area contributed by atoms with E-state index in [0.29, 0.717) is 11.8 Å². The van der Waals surface area contributed by atoms with Crippen LogP contribution in [0.5, 0.6) is 0 Å². The first-order valence-electron chi connectivity index (χ1n) is 22.0. The molecule has 60 heavy (non-hydrogen) atoms. The fourth-order valence-corrected chi connectivity index (χ4v) is 11.6. The second kappa shape index (κ2) is 18.0. The first-order chi connectivity index (χ1) is 26.9. The Morgan fingerprint density at radius 1 is 0.750 bits per heavy atom. The smallest absolute Gasteiger partial charge is 0.00969 e. The summed E-state index contributed by atoms with van der Waals surface area (Å²) in [5, 5.41) is 0. The third-order valence-corrected chi connectivity index (χ3v) is 17.4. The van der Waals surface area contributed by atoms with Gasteiger partial charge in [0.2, 0.25) is 0 Å². The molecule has 0 nitrogen and oxygen atoms in total. The minimum absolute atomic E-state index is 0. The van der Waals surface area contributed by atoms with Gasteiger partial charge in [-0.2, -0.15) is 17.2 Å². The van der Waals surface area contributed by atoms with Crippen LogP contribution in [0.2, 0.25) is 0 Å². The molecule has 0 heterocycles. The summed E-state index contributed by atoms with van der Waals surface area (Å²) < 4.78 is 1.42. The quantitative estimate of drug-likeness (QED) is 0.225. The molecule has 5 aliphatic rings. The third-order valence-electron chi connectivity index (χ3n) is 16.0. The van der Waals surface area contributed by atoms with Crippen LogP contribution in [0.1, 0.15) is 157 Å². The Balaban J connectivity index is 0.000000227. The van der Waals surface area contributed by atoms with E-state index in [1.807, 2.05) is 6.08 Å². The molecule has 3 unspecified atom stereocenters. The van der Waals surface area contributed by atoms with Crippen molar-refractivity contribution >= 4 is 8.78 Å². The van der Waals surface area contributed by atoms with Crippen LogP contribution in [0.25, 0.3) is 5.57 Å². The van der Waals surface area contributed by atoms with Crippen LogP contribution in [-0.2, 0) is 41.5 Å². The van der Waals surface area contributed by atoms with Gasteiger partial charge in [0.25, 0.3) is 0 Å². The fourth-order valence-electron chi connectivity index (χ4n) is 10.8. The SMILES string of the molecule is CC(C)(C)c1ccc([C](=[Zr+2])c2ccc(C(C)(C)C)cc2)cc1.CC1=CC(C)[C-]=C1.C[C-]1C2=C3Cc4ccccc4C3=C3C=CCCC3C2(C)C(C)(C)C(C)(C)C1(C)C.[Cl-].[Cl-]. The molecule has 5 aliphatic carbocycles. The molecule has 0 aliphatic heterocycles. The Kier molecular flexibility index (Phi) is 15.0. The van der Waals surface area contributed by atoms with Crippen LogP contribution in [0, 0.1) is 45.5 Å². The first kappa shape index (κ1) is 50.2. The number of halogens is 2. The number of hydrogen-bond acceptors (Lipinski definition) is 0. The summed E-state index contributed by atoms with van der Waals surface area (Å²) in [7, 11) is 0. The van der Waals surface area contributed by atoms with Gasteiger partial charge in [0.05, 0.1) is 0 Å². The minimum Gasteiger partial charge on any atom is -1.00 e. The predicted octanol–water partition coefficient (Wildman–Crippen LogP) is 9.31. The van der Waals surface area contributed by atoms with Crippen LogP contribution in [-0.4, -0.2) is 3.21 Å². The number of hydrogen-bond donors (Lipinski definition) is 0. The first-order valence-corrected chi connectivity index (χ1v) is 23.2. The van der Waals surface area contributed by atoms with Gasteiger partial charge >= 0.3 is 151 Å². The number of allylic oxidation sites excluding steroid dienone is 10. The standard InChI is InChI=1S/C29H37.C21H26.C7H9.2ClH.Zr/c1-18-25-22-17-19-13-9-10-14-20(19)24(22)21-15-11-12-16-23(21)29(25,8)28(6,7)27(4,5)26(18,2)3;1-20(2,3)18-11-7-16(8-12-18)15-17-9-13-19(14-10-17)21(4,5)6;1-6-3-4-7(2)5-6;;;/h9-11,13-15,23H,12,16-17H2,1-8H3;7-14H,1-6H3;3,5,7H,1-2H3;2*1H;/q-1;;-1;;;+2/p-2. The molecule has 1 saturated carbocycles. The topological polar surface area (TPSA) is 0 Å². The van der Waals surface area contributed by atoms with Crippen molar-refractivity contribution in [2.45, 2.75) is 141 Å². The molecule has 0 aromatic heterocycles. The molecular formula is C57H72Cl2Zr-2. The maximum absolute atomic E-state index is 3.15. The molecule has 0 saturated heterocycles. The zero-order chi connectivity index (χ0) is 42.8. The van der Waals surface area contributed by atoms with E-state index in [4.69, 9.17) is 0 Å². The van der Waals surface area contributed by atoms with Crippen molar-refractivity contribution in [1.29, 1.82) is 0 Å². The Morgan fingerprint density at radius 2 is 1.27 bits per heavy atom. The van der Waals surface area contributed by atoms with Gasteiger partial charge < -0.3 is 24.8 Å². The summed E-state index contributed by atoms with van der Waals surface area (Å²) >= 11 is 1.46. The molecule has 3 aromatic carbocycles. The van der Waals surface area contributed by atoms with Crippen LogP contribution in [0.3, 0.4) is 0 Å². The monoisotopic (exact) mass is 916 g/mol. The maximum Gasteiger partial charge on any atom is -0.00969 e. The second-order valence-corrected chi connectivity index (χ2v) is 23.0. The summed E-state index contributed by atoms with van der Waals surface area (Å²) in [6, 6.07) is 27.3. The fraction of sp³-hybridized carbons (Fsp3) is 0.474. The van der Waals surface area contributed by atoms with Crippen LogP contribution in [0.4, 0.5) is 0 Å². The van der Waals surface area contributed by atoms with Gasteiger partial charge in [-0.05, 0) is 40.6 Å². The molecule has 320 valence electrons. The summed E-state index contributed by atoms with van der Waals surface area (Å²) in [5.74, 6) is 2.80. The molecule has 3 heteroatoms. The predicted molar refractivity (Wildman–Crippen MR) is 249 cm³/mol. The summed E-state index contributed by atoms with van der Waals surface area (Å²) in [5.41, 5.74) is 17.5. The average Bonchev–Trinajstić information content (AvgIpc) is 3.75. The summed E-state index contributed by atoms with van der Waals surface area (Å²) in [6.45, 7) is 38.1. The molecule has 0 radical (unpaired) electrons. The van der Waals surface area contributed by atoms with Crippen LogP contribution < -0.4 is 24.8 Å². The van der Waals surface area contributed by atoms with E-state index in [1.54, 1.807) is 28.2 Å². The average molecular weight is 919 g/mol. The van der Waals surface area contributed by atoms with Gasteiger partial charge in [0.15, 0.2) is 0 Å². The maximum atomic E-state index is 3.15. The van der Waals surface area contributed by atoms with E-state index in [9.17, 15) is 0 Å². The molecule has 3 aromatic rings. The van der Waals surface area contributed by atoms with Gasteiger partial charge in [-0.15, -0.1) is 13.8 Å². The molecule has 0 amide bonds. The van der Waals surface area contributed by atoms with E-state index in [2.05, 4.69) is 208 Å². The Labute approximate surface area is 394 Å². The van der Waals surface area contributed by atoms with E-state index in [0.717, 1.165) is 6.42 Å². The van der Waals surface area contributed by atoms with Crippen molar-refractivity contribution in [2.24, 2.45) is 33.5 Å². The van der Waals surface area contributed by atoms with E-state index < -0.39 is 0 Å². The molecular weight excluding hydrogens is 847 g/mol. The Morgan fingerprint density at radius 3 is 1.72 bits per heavy atom. The van der Waals surface area contributed by atoms with Crippen LogP contribution in [0.15, 0.2) is 119 Å². The van der Waals surface area contributed by atoms with Crippen molar-refractivity contribution < 1.29 is 49.0 Å². The molecule has 0 spiro atoms. The van der Waals surface area contributed by atoms with Crippen molar-refractivity contribution in [2.75, 3.05) is 0 Å². The normalized spacial score (nSPS) is 23.9. The van der Waals surface area contributed by atoms with Gasteiger partial charge in [0.1, 0.15) is 0 Å². The third kappa shape index (κ3) is 8.74. The summed E-state index contributed by atoms with van der Waals surface area (Å²) in [4.78, 5) is 0. The zero-order valence-corrected chi connectivity index (χ0v) is 43.7. The largest absolute Gasteiger partial charge is 1.00 e. The second-order valence-electron chi connectivity index (χ2n) is 21.8. The van der Waals surface area contributed by atoms with Crippen molar-refractivity contribution in [1.82, 2.24) is 0 Å². The Bertz CT molecular complexity index is 2140. The van der Waals surface area contributed by atoms with Crippen molar-refractivity contribution in [3.63, 3.8) is 0 Å². The minimum atomic E-state index is 0. The molecule has 8 rings (SSSR count). The molecule has 0 N–H and O–H groups in total. The van der Waals surface area contributed by atoms with Crippen molar-refractivity contribution in [3.05, 3.63) is 165 Å². The molecule has 3 atom stereocenters. The van der Waals surface area contributed by atoms with E-state index in [-0.39, 0.29) is 57.3 Å². The van der Waals surface area contributed by atoms with E-state index >= 15 is 0 Å². The zero-order valence-electron chi connectivity index (χ0n) is 39.8. The number of fused-ring (bicyclic) bond motifs is 6. The molecule has 1 fully saturated rings. The van der Waals surface area contributed by atoms with Gasteiger partial charge in [-0.3, -0.25) is 6.08 Å². The molecule has 0 bridgehead atoms. The van der Waals surface area contributed by atoms with Gasteiger partial charge in [-0.1, -0.05) is 126 Å². The van der Waals surface area contributed by atoms with Crippen molar-refractivity contribution in [3.8, 4) is 0 Å². The van der Waals surface area contributed by atoms with Crippen LogP contribution >= 0.6 is 0 Å². The van der Waals surface area contributed by atoms with Gasteiger partial charge in [-0.25, -0.2) is 17.6 Å². The van der Waals surface area contributed by atoms with E-state index in [1.165, 1.54) is 79.2 Å². The number of rotatable bonds is 2. The number of benzene rings is 3. The van der Waals surface area contributed by atoms with Gasteiger partial charge in [0, 0.05) is 0 Å². The Hall–Kier alpha value is -2.44. The summed E-state index contributed by atoms with van der Waals surface area (Å²) in [6.07, 6.45) is 15.9.